The molecule has 19 atom stereocenters. The topological polar surface area (TPSA) is 348 Å². The number of hydrogen-bond acceptors (Lipinski definition) is 21. The molecule has 21 nitrogen and oxygen atoms in total. The molecule has 0 aromatic rings. The van der Waals surface area contributed by atoms with Gasteiger partial charge in [0.1, 0.15) is 98.2 Å². The van der Waals surface area contributed by atoms with Gasteiger partial charge >= 0.3 is 0 Å². The van der Waals surface area contributed by atoms with E-state index in [1.54, 1.807) is 0 Å². The zero-order chi connectivity index (χ0) is 33.4. The molecule has 0 bridgehead atoms. The normalized spacial score (nSPS) is 52.7. The molecule has 0 aromatic carbocycles. The van der Waals surface area contributed by atoms with Crippen LogP contribution in [-0.4, -0.2) is 221 Å². The minimum absolute atomic E-state index is 0.759. The second-order valence-corrected chi connectivity index (χ2v) is 11.2. The van der Waals surface area contributed by atoms with Crippen LogP contribution in [-0.2, 0) is 33.2 Å². The fourth-order valence-electron chi connectivity index (χ4n) is 5.49. The third-order valence-electron chi connectivity index (χ3n) is 8.28. The average molecular weight is 667 g/mol. The van der Waals surface area contributed by atoms with Gasteiger partial charge in [-0.25, -0.2) is 0 Å². The highest BCUT2D eigenvalue weighted by molar-refractivity contribution is 4.99. The van der Waals surface area contributed by atoms with Gasteiger partial charge in [0.05, 0.1) is 26.4 Å². The van der Waals surface area contributed by atoms with Crippen LogP contribution in [0.1, 0.15) is 0 Å². The van der Waals surface area contributed by atoms with E-state index in [-0.39, 0.29) is 0 Å². The molecule has 0 aromatic heterocycles. The summed E-state index contributed by atoms with van der Waals surface area (Å²) in [7, 11) is 0. The van der Waals surface area contributed by atoms with Gasteiger partial charge in [-0.1, -0.05) is 0 Å². The molecule has 0 saturated carbocycles. The molecule has 0 unspecified atom stereocenters. The minimum Gasteiger partial charge on any atom is -0.394 e. The van der Waals surface area contributed by atoms with Crippen LogP contribution in [0.4, 0.5) is 0 Å². The lowest BCUT2D eigenvalue weighted by atomic mass is 9.96. The number of aliphatic hydroxyl groups excluding tert-OH is 14. The maximum atomic E-state index is 10.9. The fourth-order valence-corrected chi connectivity index (χ4v) is 5.49. The van der Waals surface area contributed by atoms with Crippen LogP contribution < -0.4 is 0 Å². The molecule has 0 amide bonds. The first kappa shape index (κ1) is 37.0. The smallest absolute Gasteiger partial charge is 0.224 e. The van der Waals surface area contributed by atoms with Gasteiger partial charge in [-0.15, -0.1) is 0 Å². The Morgan fingerprint density at radius 3 is 1.56 bits per heavy atom. The Hall–Kier alpha value is -0.840. The van der Waals surface area contributed by atoms with E-state index < -0.39 is 149 Å². The molecular formula is C24H42O21. The van der Waals surface area contributed by atoms with Crippen molar-refractivity contribution in [1.29, 1.82) is 0 Å². The number of hydrogen-bond donors (Lipinski definition) is 14. The SMILES string of the molecule is OC[C@H]1O[C@H](O[C@H]2[C@@H](O)[C@@H](CO)O[C@H](OC[C@H]3O[C@H](O[C@]4(CO)O[C@H](CO)[C@@H](O)[C@@H]4O)[C@H](O)[C@@H](O)[C@@H]3O)[C@@H]2O)[C@H](O)[C@@H](O)[C@H]1O. The quantitative estimate of drug-likeness (QED) is 0.0973. The Balaban J connectivity index is 1.45. The molecule has 4 rings (SSSR count). The first-order chi connectivity index (χ1) is 21.2. The Morgan fingerprint density at radius 2 is 1.00 bits per heavy atom. The van der Waals surface area contributed by atoms with Gasteiger partial charge in [0.15, 0.2) is 18.9 Å². The predicted molar refractivity (Wildman–Crippen MR) is 134 cm³/mol. The summed E-state index contributed by atoms with van der Waals surface area (Å²) in [4.78, 5) is 0. The largest absolute Gasteiger partial charge is 0.394 e. The molecule has 21 heteroatoms. The highest BCUT2D eigenvalue weighted by atomic mass is 16.8. The summed E-state index contributed by atoms with van der Waals surface area (Å²) in [6.07, 6.45) is -31.9. The van der Waals surface area contributed by atoms with Crippen molar-refractivity contribution < 1.29 is 105 Å². The molecule has 4 aliphatic heterocycles. The molecule has 45 heavy (non-hydrogen) atoms. The molecule has 0 radical (unpaired) electrons. The summed E-state index contributed by atoms with van der Waals surface area (Å²) >= 11 is 0. The lowest BCUT2D eigenvalue weighted by Gasteiger charge is -2.46. The highest BCUT2D eigenvalue weighted by Gasteiger charge is 2.59. The third kappa shape index (κ3) is 7.15. The first-order valence-electron chi connectivity index (χ1n) is 14.1. The molecule has 4 fully saturated rings. The molecule has 264 valence electrons. The van der Waals surface area contributed by atoms with Gasteiger partial charge in [0, 0.05) is 0 Å². The zero-order valence-corrected chi connectivity index (χ0v) is 23.5. The Labute approximate surface area is 254 Å². The zero-order valence-electron chi connectivity index (χ0n) is 23.5. The Kier molecular flexibility index (Phi) is 12.5. The third-order valence-corrected chi connectivity index (χ3v) is 8.28. The van der Waals surface area contributed by atoms with E-state index in [1.807, 2.05) is 0 Å². The number of rotatable bonds is 11. The Bertz CT molecular complexity index is 931. The minimum atomic E-state index is -2.44. The van der Waals surface area contributed by atoms with Crippen LogP contribution in [0.3, 0.4) is 0 Å². The van der Waals surface area contributed by atoms with Crippen LogP contribution in [0.2, 0.25) is 0 Å². The van der Waals surface area contributed by atoms with Crippen molar-refractivity contribution in [3.05, 3.63) is 0 Å². The van der Waals surface area contributed by atoms with Crippen molar-refractivity contribution in [3.63, 3.8) is 0 Å². The fraction of sp³-hybridized carbons (Fsp3) is 1.00. The van der Waals surface area contributed by atoms with E-state index in [1.165, 1.54) is 0 Å². The van der Waals surface area contributed by atoms with E-state index in [0.29, 0.717) is 0 Å². The maximum absolute atomic E-state index is 10.9. The number of ether oxygens (including phenoxy) is 7. The summed E-state index contributed by atoms with van der Waals surface area (Å²) in [6.45, 7) is -4.31. The van der Waals surface area contributed by atoms with E-state index >= 15 is 0 Å². The van der Waals surface area contributed by atoms with Crippen LogP contribution in [0.25, 0.3) is 0 Å². The van der Waals surface area contributed by atoms with Crippen molar-refractivity contribution in [2.75, 3.05) is 33.0 Å². The van der Waals surface area contributed by atoms with Crippen molar-refractivity contribution in [3.8, 4) is 0 Å². The van der Waals surface area contributed by atoms with Crippen LogP contribution >= 0.6 is 0 Å². The van der Waals surface area contributed by atoms with Gasteiger partial charge < -0.3 is 105 Å². The van der Waals surface area contributed by atoms with Crippen molar-refractivity contribution in [2.24, 2.45) is 0 Å². The van der Waals surface area contributed by atoms with E-state index in [9.17, 15) is 71.5 Å². The lowest BCUT2D eigenvalue weighted by molar-refractivity contribution is -0.390. The van der Waals surface area contributed by atoms with Crippen molar-refractivity contribution >= 4 is 0 Å². The van der Waals surface area contributed by atoms with Gasteiger partial charge in [-0.3, -0.25) is 0 Å². The summed E-state index contributed by atoms with van der Waals surface area (Å²) in [6, 6.07) is 0. The summed E-state index contributed by atoms with van der Waals surface area (Å²) in [5.74, 6) is -2.44. The van der Waals surface area contributed by atoms with Crippen LogP contribution in [0, 0.1) is 0 Å². The van der Waals surface area contributed by atoms with Crippen LogP contribution in [0.5, 0.6) is 0 Å². The van der Waals surface area contributed by atoms with Crippen molar-refractivity contribution in [2.45, 2.75) is 116 Å². The van der Waals surface area contributed by atoms with Gasteiger partial charge in [0.25, 0.3) is 0 Å². The van der Waals surface area contributed by atoms with Gasteiger partial charge in [-0.2, -0.15) is 0 Å². The molecule has 0 aliphatic carbocycles. The lowest BCUT2D eigenvalue weighted by Crippen LogP contribution is -2.65. The van der Waals surface area contributed by atoms with Gasteiger partial charge in [0.2, 0.25) is 5.79 Å². The first-order valence-corrected chi connectivity index (χ1v) is 14.1. The maximum Gasteiger partial charge on any atom is 0.224 e. The summed E-state index contributed by atoms with van der Waals surface area (Å²) in [5.41, 5.74) is 0. The molecule has 4 heterocycles. The van der Waals surface area contributed by atoms with Crippen molar-refractivity contribution in [1.82, 2.24) is 0 Å². The molecule has 0 spiro atoms. The molecule has 4 aliphatic rings. The standard InChI is InChI=1S/C24H42O21/c25-1-6-10(29)14(33)16(35)22(41-6)43-19-12(31)7(2-26)40-21(18(19)37)39-4-9-11(30)15(34)17(36)23(42-9)45-24(5-28)20(38)13(32)8(3-27)44-24/h6-23,25-38H,1-5H2/t6-,7-,8-,9-,10+,11-,12+,13-,14+,15+,16-,17-,18-,19+,20+,21+,22-,23-,24+/m1/s1. The monoisotopic (exact) mass is 666 g/mol. The average Bonchev–Trinajstić information content (AvgIpc) is 3.28. The molecular weight excluding hydrogens is 624 g/mol. The van der Waals surface area contributed by atoms with Gasteiger partial charge in [-0.05, 0) is 0 Å². The van der Waals surface area contributed by atoms with E-state index in [2.05, 4.69) is 0 Å². The summed E-state index contributed by atoms with van der Waals surface area (Å²) in [5, 5.41) is 142. The molecule has 14 N–H and O–H groups in total. The second-order valence-electron chi connectivity index (χ2n) is 11.2. The van der Waals surface area contributed by atoms with Crippen LogP contribution in [0.15, 0.2) is 0 Å². The van der Waals surface area contributed by atoms with E-state index in [0.717, 1.165) is 0 Å². The molecule has 4 saturated heterocycles. The number of aliphatic hydroxyl groups is 14. The summed E-state index contributed by atoms with van der Waals surface area (Å²) < 4.78 is 37.8. The Morgan fingerprint density at radius 1 is 0.489 bits per heavy atom. The predicted octanol–water partition coefficient (Wildman–Crippen LogP) is -9.75. The second kappa shape index (κ2) is 15.1. The highest BCUT2D eigenvalue weighted by Crippen LogP contribution is 2.36. The van der Waals surface area contributed by atoms with E-state index in [4.69, 9.17) is 33.2 Å².